The predicted octanol–water partition coefficient (Wildman–Crippen LogP) is 3.46. The first-order valence-corrected chi connectivity index (χ1v) is 9.53. The van der Waals surface area contributed by atoms with Crippen molar-refractivity contribution in [3.05, 3.63) is 83.6 Å². The first-order chi connectivity index (χ1) is 12.8. The third-order valence-electron chi connectivity index (χ3n) is 3.88. The quantitative estimate of drug-likeness (QED) is 0.677. The SMILES string of the molecule is Cc1ccc(S(=O)(=O)NCc2ccco2)cc1C(=O)Nc1ccc(F)cc1. The second-order valence-electron chi connectivity index (χ2n) is 5.84. The summed E-state index contributed by atoms with van der Waals surface area (Å²) in [5.74, 6) is -0.429. The van der Waals surface area contributed by atoms with Gasteiger partial charge in [0.15, 0.2) is 0 Å². The summed E-state index contributed by atoms with van der Waals surface area (Å²) in [5, 5.41) is 2.62. The van der Waals surface area contributed by atoms with Crippen molar-refractivity contribution < 1.29 is 22.0 Å². The summed E-state index contributed by atoms with van der Waals surface area (Å²) in [5.41, 5.74) is 1.23. The van der Waals surface area contributed by atoms with E-state index in [4.69, 9.17) is 4.42 Å². The molecule has 0 spiro atoms. The Balaban J connectivity index is 1.80. The van der Waals surface area contributed by atoms with E-state index >= 15 is 0 Å². The van der Waals surface area contributed by atoms with Gasteiger partial charge in [-0.2, -0.15) is 0 Å². The molecule has 2 aromatic carbocycles. The third kappa shape index (κ3) is 4.60. The Labute approximate surface area is 156 Å². The molecule has 3 rings (SSSR count). The molecule has 0 fully saturated rings. The monoisotopic (exact) mass is 388 g/mol. The zero-order chi connectivity index (χ0) is 19.4. The molecular formula is C19H17FN2O4S. The number of sulfonamides is 1. The average Bonchev–Trinajstić information content (AvgIpc) is 3.16. The van der Waals surface area contributed by atoms with Gasteiger partial charge in [-0.1, -0.05) is 6.07 Å². The van der Waals surface area contributed by atoms with Crippen LogP contribution in [0.25, 0.3) is 0 Å². The van der Waals surface area contributed by atoms with Crippen molar-refractivity contribution in [1.29, 1.82) is 0 Å². The number of rotatable bonds is 6. The van der Waals surface area contributed by atoms with Gasteiger partial charge < -0.3 is 9.73 Å². The molecule has 1 aromatic heterocycles. The molecule has 8 heteroatoms. The van der Waals surface area contributed by atoms with E-state index in [9.17, 15) is 17.6 Å². The molecule has 0 aliphatic heterocycles. The van der Waals surface area contributed by atoms with E-state index in [-0.39, 0.29) is 17.0 Å². The van der Waals surface area contributed by atoms with Crippen LogP contribution in [-0.4, -0.2) is 14.3 Å². The van der Waals surface area contributed by atoms with Gasteiger partial charge in [0.25, 0.3) is 5.91 Å². The Morgan fingerprint density at radius 3 is 2.52 bits per heavy atom. The maximum Gasteiger partial charge on any atom is 0.255 e. The molecule has 0 atom stereocenters. The zero-order valence-corrected chi connectivity index (χ0v) is 15.2. The summed E-state index contributed by atoms with van der Waals surface area (Å²) in [6.45, 7) is 1.70. The van der Waals surface area contributed by atoms with Gasteiger partial charge in [0.1, 0.15) is 11.6 Å². The topological polar surface area (TPSA) is 88.4 Å². The second-order valence-corrected chi connectivity index (χ2v) is 7.61. The lowest BCUT2D eigenvalue weighted by atomic mass is 10.1. The van der Waals surface area contributed by atoms with Crippen LogP contribution in [0.1, 0.15) is 21.7 Å². The van der Waals surface area contributed by atoms with Crippen molar-refractivity contribution >= 4 is 21.6 Å². The van der Waals surface area contributed by atoms with Crippen molar-refractivity contribution in [2.75, 3.05) is 5.32 Å². The van der Waals surface area contributed by atoms with Crippen molar-refractivity contribution in [3.63, 3.8) is 0 Å². The van der Waals surface area contributed by atoms with Gasteiger partial charge in [0.2, 0.25) is 10.0 Å². The van der Waals surface area contributed by atoms with Crippen molar-refractivity contribution in [3.8, 4) is 0 Å². The van der Waals surface area contributed by atoms with E-state index in [0.29, 0.717) is 17.0 Å². The number of furan rings is 1. The summed E-state index contributed by atoms with van der Waals surface area (Å²) < 4.78 is 45.5. The third-order valence-corrected chi connectivity index (χ3v) is 5.28. The maximum absolute atomic E-state index is 13.0. The van der Waals surface area contributed by atoms with Crippen LogP contribution in [0.15, 0.2) is 70.2 Å². The van der Waals surface area contributed by atoms with E-state index in [2.05, 4.69) is 10.0 Å². The number of hydrogen-bond donors (Lipinski definition) is 2. The van der Waals surface area contributed by atoms with Gasteiger partial charge in [-0.25, -0.2) is 17.5 Å². The molecule has 140 valence electrons. The number of carbonyl (C=O) groups excluding carboxylic acids is 1. The number of anilines is 1. The Kier molecular flexibility index (Phi) is 5.38. The number of nitrogens with one attached hydrogen (secondary N) is 2. The number of amides is 1. The van der Waals surface area contributed by atoms with Crippen LogP contribution in [0.5, 0.6) is 0 Å². The number of hydrogen-bond acceptors (Lipinski definition) is 4. The number of halogens is 1. The molecule has 0 unspecified atom stereocenters. The summed E-state index contributed by atoms with van der Waals surface area (Å²) >= 11 is 0. The van der Waals surface area contributed by atoms with Crippen LogP contribution < -0.4 is 10.0 Å². The van der Waals surface area contributed by atoms with Crippen LogP contribution in [0.4, 0.5) is 10.1 Å². The fraction of sp³-hybridized carbons (Fsp3) is 0.105. The molecule has 27 heavy (non-hydrogen) atoms. The molecule has 0 aliphatic carbocycles. The molecule has 3 aromatic rings. The maximum atomic E-state index is 13.0. The van der Waals surface area contributed by atoms with Crippen molar-refractivity contribution in [2.45, 2.75) is 18.4 Å². The average molecular weight is 388 g/mol. The van der Waals surface area contributed by atoms with Crippen LogP contribution in [0.2, 0.25) is 0 Å². The Bertz CT molecular complexity index is 1050. The Hall–Kier alpha value is -2.97. The van der Waals surface area contributed by atoms with Gasteiger partial charge in [0, 0.05) is 11.3 Å². The fourth-order valence-electron chi connectivity index (χ4n) is 2.41. The minimum atomic E-state index is -3.83. The molecule has 0 saturated carbocycles. The summed E-state index contributed by atoms with van der Waals surface area (Å²) in [6, 6.07) is 12.9. The van der Waals surface area contributed by atoms with Gasteiger partial charge in [-0.3, -0.25) is 4.79 Å². The van der Waals surface area contributed by atoms with Crippen LogP contribution in [-0.2, 0) is 16.6 Å². The number of benzene rings is 2. The lowest BCUT2D eigenvalue weighted by Gasteiger charge is -2.11. The van der Waals surface area contributed by atoms with Crippen LogP contribution >= 0.6 is 0 Å². The van der Waals surface area contributed by atoms with Crippen LogP contribution in [0.3, 0.4) is 0 Å². The smallest absolute Gasteiger partial charge is 0.255 e. The van der Waals surface area contributed by atoms with E-state index in [1.807, 2.05) is 0 Å². The summed E-state index contributed by atoms with van der Waals surface area (Å²) in [4.78, 5) is 12.5. The standard InChI is InChI=1S/C19H17FN2O4S/c1-13-4-9-17(27(24,25)21-12-16-3-2-10-26-16)11-18(13)19(23)22-15-7-5-14(20)6-8-15/h2-11,21H,12H2,1H3,(H,22,23). The molecule has 1 amide bonds. The van der Waals surface area contributed by atoms with Gasteiger partial charge in [-0.15, -0.1) is 0 Å². The highest BCUT2D eigenvalue weighted by atomic mass is 32.2. The fourth-order valence-corrected chi connectivity index (χ4v) is 3.43. The van der Waals surface area contributed by atoms with Crippen molar-refractivity contribution in [2.24, 2.45) is 0 Å². The molecule has 0 bridgehead atoms. The van der Waals surface area contributed by atoms with E-state index in [0.717, 1.165) is 0 Å². The molecule has 2 N–H and O–H groups in total. The molecule has 0 aliphatic rings. The Morgan fingerprint density at radius 2 is 1.85 bits per heavy atom. The number of carbonyl (C=O) groups is 1. The van der Waals surface area contributed by atoms with Gasteiger partial charge in [-0.05, 0) is 61.0 Å². The Morgan fingerprint density at radius 1 is 1.11 bits per heavy atom. The number of aryl methyl sites for hydroxylation is 1. The van der Waals surface area contributed by atoms with E-state index < -0.39 is 21.7 Å². The lowest BCUT2D eigenvalue weighted by Crippen LogP contribution is -2.24. The molecule has 6 nitrogen and oxygen atoms in total. The first kappa shape index (κ1) is 18.8. The molecular weight excluding hydrogens is 371 g/mol. The highest BCUT2D eigenvalue weighted by Gasteiger charge is 2.18. The van der Waals surface area contributed by atoms with E-state index in [1.165, 1.54) is 42.7 Å². The van der Waals surface area contributed by atoms with Crippen molar-refractivity contribution in [1.82, 2.24) is 4.72 Å². The molecule has 0 saturated heterocycles. The minimum absolute atomic E-state index is 0.000316. The molecule has 0 radical (unpaired) electrons. The lowest BCUT2D eigenvalue weighted by molar-refractivity contribution is 0.102. The van der Waals surface area contributed by atoms with Gasteiger partial charge in [0.05, 0.1) is 17.7 Å². The zero-order valence-electron chi connectivity index (χ0n) is 14.4. The molecule has 1 heterocycles. The summed E-state index contributed by atoms with van der Waals surface area (Å²) in [6.07, 6.45) is 1.45. The largest absolute Gasteiger partial charge is 0.468 e. The summed E-state index contributed by atoms with van der Waals surface area (Å²) in [7, 11) is -3.83. The van der Waals surface area contributed by atoms with Gasteiger partial charge >= 0.3 is 0 Å². The highest BCUT2D eigenvalue weighted by molar-refractivity contribution is 7.89. The van der Waals surface area contributed by atoms with E-state index in [1.54, 1.807) is 25.1 Å². The second kappa shape index (κ2) is 7.73. The highest BCUT2D eigenvalue weighted by Crippen LogP contribution is 2.18. The normalized spacial score (nSPS) is 11.3. The van der Waals surface area contributed by atoms with Crippen LogP contribution in [0, 0.1) is 12.7 Å². The predicted molar refractivity (Wildman–Crippen MR) is 98.3 cm³/mol. The first-order valence-electron chi connectivity index (χ1n) is 8.05. The minimum Gasteiger partial charge on any atom is -0.468 e.